The predicted octanol–water partition coefficient (Wildman–Crippen LogP) is -0.331. The van der Waals surface area contributed by atoms with Gasteiger partial charge in [-0.15, -0.1) is 0 Å². The van der Waals surface area contributed by atoms with Crippen molar-refractivity contribution in [3.8, 4) is 0 Å². The molecule has 0 fully saturated rings. The van der Waals surface area contributed by atoms with Crippen LogP contribution in [0.5, 0.6) is 0 Å². The molecule has 0 radical (unpaired) electrons. The molecule has 0 aliphatic heterocycles. The zero-order valence-corrected chi connectivity index (χ0v) is 5.26. The molecule has 0 aromatic carbocycles. The Morgan fingerprint density at radius 3 is 1.70 bits per heavy atom. The van der Waals surface area contributed by atoms with Crippen molar-refractivity contribution < 1.29 is 14.7 Å². The van der Waals surface area contributed by atoms with Gasteiger partial charge in [0.2, 0.25) is 5.91 Å². The van der Waals surface area contributed by atoms with Gasteiger partial charge in [-0.2, -0.15) is 0 Å². The third kappa shape index (κ3) is 1.74. The SMILES string of the molecule is C=C(C(=C)C(=O)O)C(N)=O. The molecule has 1 amide bonds. The molecule has 0 saturated heterocycles. The fourth-order valence-electron chi connectivity index (χ4n) is 0.278. The van der Waals surface area contributed by atoms with Crippen molar-refractivity contribution in [2.24, 2.45) is 5.73 Å². The van der Waals surface area contributed by atoms with Crippen LogP contribution in [-0.2, 0) is 9.59 Å². The zero-order valence-electron chi connectivity index (χ0n) is 5.26. The monoisotopic (exact) mass is 141 g/mol. The number of rotatable bonds is 3. The maximum atomic E-state index is 10.2. The van der Waals surface area contributed by atoms with Crippen LogP contribution in [0.25, 0.3) is 0 Å². The fraction of sp³-hybridized carbons (Fsp3) is 0. The van der Waals surface area contributed by atoms with Crippen LogP contribution in [0.15, 0.2) is 24.3 Å². The number of carbonyl (C=O) groups is 2. The Kier molecular flexibility index (Phi) is 2.37. The maximum absolute atomic E-state index is 10.2. The lowest BCUT2D eigenvalue weighted by molar-refractivity contribution is -0.132. The van der Waals surface area contributed by atoms with Gasteiger partial charge in [0.05, 0.1) is 5.57 Å². The molecule has 3 N–H and O–H groups in total. The molecule has 0 aliphatic carbocycles. The van der Waals surface area contributed by atoms with Crippen LogP contribution in [0.1, 0.15) is 0 Å². The molecule has 0 rings (SSSR count). The highest BCUT2D eigenvalue weighted by Gasteiger charge is 2.11. The number of carbonyl (C=O) groups excluding carboxylic acids is 1. The first-order chi connectivity index (χ1) is 4.46. The Balaban J connectivity index is 4.39. The molecular formula is C6H7NO3. The first-order valence-electron chi connectivity index (χ1n) is 2.38. The second-order valence-corrected chi connectivity index (χ2v) is 1.63. The molecule has 0 heterocycles. The van der Waals surface area contributed by atoms with E-state index in [9.17, 15) is 9.59 Å². The zero-order chi connectivity index (χ0) is 8.31. The van der Waals surface area contributed by atoms with Gasteiger partial charge >= 0.3 is 5.97 Å². The van der Waals surface area contributed by atoms with Crippen LogP contribution >= 0.6 is 0 Å². The highest BCUT2D eigenvalue weighted by atomic mass is 16.4. The molecule has 0 spiro atoms. The first-order valence-corrected chi connectivity index (χ1v) is 2.38. The van der Waals surface area contributed by atoms with E-state index in [2.05, 4.69) is 13.2 Å². The third-order valence-electron chi connectivity index (χ3n) is 0.920. The van der Waals surface area contributed by atoms with Crippen LogP contribution < -0.4 is 5.73 Å². The van der Waals surface area contributed by atoms with E-state index in [0.29, 0.717) is 0 Å². The summed E-state index contributed by atoms with van der Waals surface area (Å²) in [5.74, 6) is -2.16. The lowest BCUT2D eigenvalue weighted by Crippen LogP contribution is -2.17. The Morgan fingerprint density at radius 2 is 1.60 bits per heavy atom. The molecular weight excluding hydrogens is 134 g/mol. The third-order valence-corrected chi connectivity index (χ3v) is 0.920. The average Bonchev–Trinajstić information content (AvgIpc) is 1.84. The number of primary amides is 1. The summed E-state index contributed by atoms with van der Waals surface area (Å²) in [6, 6.07) is 0. The summed E-state index contributed by atoms with van der Waals surface area (Å²) < 4.78 is 0. The molecule has 0 atom stereocenters. The number of nitrogens with two attached hydrogens (primary N) is 1. The van der Waals surface area contributed by atoms with Crippen LogP contribution in [0.4, 0.5) is 0 Å². The molecule has 4 nitrogen and oxygen atoms in total. The lowest BCUT2D eigenvalue weighted by Gasteiger charge is -1.97. The standard InChI is InChI=1S/C6H7NO3/c1-3(5(7)8)4(2)6(9)10/h1-2H2,(H2,7,8)(H,9,10). The summed E-state index contributed by atoms with van der Waals surface area (Å²) in [4.78, 5) is 20.3. The van der Waals surface area contributed by atoms with E-state index in [0.717, 1.165) is 0 Å². The van der Waals surface area contributed by atoms with Gasteiger partial charge < -0.3 is 10.8 Å². The van der Waals surface area contributed by atoms with Gasteiger partial charge in [0.25, 0.3) is 0 Å². The van der Waals surface area contributed by atoms with Gasteiger partial charge in [0.1, 0.15) is 0 Å². The normalized spacial score (nSPS) is 8.40. The van der Waals surface area contributed by atoms with Crippen molar-refractivity contribution >= 4 is 11.9 Å². The smallest absolute Gasteiger partial charge is 0.335 e. The van der Waals surface area contributed by atoms with Crippen molar-refractivity contribution in [3.63, 3.8) is 0 Å². The number of amides is 1. The van der Waals surface area contributed by atoms with Crippen LogP contribution in [-0.4, -0.2) is 17.0 Å². The lowest BCUT2D eigenvalue weighted by atomic mass is 10.1. The summed E-state index contributed by atoms with van der Waals surface area (Å²) in [6.07, 6.45) is 0. The first kappa shape index (κ1) is 8.42. The van der Waals surface area contributed by atoms with Gasteiger partial charge in [0.15, 0.2) is 0 Å². The van der Waals surface area contributed by atoms with E-state index in [-0.39, 0.29) is 11.1 Å². The maximum Gasteiger partial charge on any atom is 0.335 e. The van der Waals surface area contributed by atoms with Gasteiger partial charge in [-0.1, -0.05) is 13.2 Å². The van der Waals surface area contributed by atoms with Crippen LogP contribution in [0, 0.1) is 0 Å². The van der Waals surface area contributed by atoms with Gasteiger partial charge in [-0.3, -0.25) is 4.79 Å². The predicted molar refractivity (Wildman–Crippen MR) is 35.1 cm³/mol. The number of carboxylic acids is 1. The molecule has 0 bridgehead atoms. The summed E-state index contributed by atoms with van der Waals surface area (Å²) in [5.41, 5.74) is 4.07. The number of aliphatic carboxylic acids is 1. The minimum Gasteiger partial charge on any atom is -0.478 e. The number of carboxylic acid groups (broad SMARTS) is 1. The number of hydrogen-bond acceptors (Lipinski definition) is 2. The number of hydrogen-bond donors (Lipinski definition) is 2. The molecule has 10 heavy (non-hydrogen) atoms. The van der Waals surface area contributed by atoms with Crippen molar-refractivity contribution in [2.45, 2.75) is 0 Å². The molecule has 0 aliphatic rings. The largest absolute Gasteiger partial charge is 0.478 e. The second-order valence-electron chi connectivity index (χ2n) is 1.63. The molecule has 4 heteroatoms. The van der Waals surface area contributed by atoms with Crippen LogP contribution in [0.2, 0.25) is 0 Å². The topological polar surface area (TPSA) is 80.4 Å². The quantitative estimate of drug-likeness (QED) is 0.417. The van der Waals surface area contributed by atoms with Gasteiger partial charge in [-0.25, -0.2) is 4.79 Å². The molecule has 0 unspecified atom stereocenters. The Hall–Kier alpha value is -1.58. The van der Waals surface area contributed by atoms with E-state index in [4.69, 9.17) is 10.8 Å². The van der Waals surface area contributed by atoms with E-state index in [1.54, 1.807) is 0 Å². The molecule has 54 valence electrons. The molecule has 0 aromatic heterocycles. The summed E-state index contributed by atoms with van der Waals surface area (Å²) in [7, 11) is 0. The van der Waals surface area contributed by atoms with Crippen molar-refractivity contribution in [1.29, 1.82) is 0 Å². The highest BCUT2D eigenvalue weighted by molar-refractivity contribution is 6.06. The minimum atomic E-state index is -1.29. The highest BCUT2D eigenvalue weighted by Crippen LogP contribution is 2.02. The van der Waals surface area contributed by atoms with E-state index in [1.165, 1.54) is 0 Å². The summed E-state index contributed by atoms with van der Waals surface area (Å²) in [5, 5.41) is 8.23. The summed E-state index contributed by atoms with van der Waals surface area (Å²) in [6.45, 7) is 6.20. The van der Waals surface area contributed by atoms with Crippen molar-refractivity contribution in [1.82, 2.24) is 0 Å². The summed E-state index contributed by atoms with van der Waals surface area (Å²) >= 11 is 0. The Bertz CT molecular complexity index is 193. The molecule has 0 aromatic rings. The Morgan fingerprint density at radius 1 is 1.20 bits per heavy atom. The van der Waals surface area contributed by atoms with Gasteiger partial charge in [0, 0.05) is 5.57 Å². The van der Waals surface area contributed by atoms with Crippen LogP contribution in [0.3, 0.4) is 0 Å². The van der Waals surface area contributed by atoms with Crippen molar-refractivity contribution in [2.75, 3.05) is 0 Å². The van der Waals surface area contributed by atoms with Gasteiger partial charge in [-0.05, 0) is 0 Å². The second kappa shape index (κ2) is 2.82. The average molecular weight is 141 g/mol. The van der Waals surface area contributed by atoms with E-state index < -0.39 is 11.9 Å². The van der Waals surface area contributed by atoms with E-state index >= 15 is 0 Å². The minimum absolute atomic E-state index is 0.271. The molecule has 0 saturated carbocycles. The van der Waals surface area contributed by atoms with E-state index in [1.807, 2.05) is 0 Å². The Labute approximate surface area is 57.6 Å². The van der Waals surface area contributed by atoms with Crippen molar-refractivity contribution in [3.05, 3.63) is 24.3 Å². The fourth-order valence-corrected chi connectivity index (χ4v) is 0.278.